The van der Waals surface area contributed by atoms with Gasteiger partial charge in [0.2, 0.25) is 0 Å². The Hall–Kier alpha value is -0.0800. The van der Waals surface area contributed by atoms with E-state index in [9.17, 15) is 19.8 Å². The summed E-state index contributed by atoms with van der Waals surface area (Å²) in [6.07, 6.45) is 5.05. The summed E-state index contributed by atoms with van der Waals surface area (Å²) in [6.45, 7) is 3.14. The van der Waals surface area contributed by atoms with Crippen LogP contribution >= 0.6 is 23.5 Å². The first kappa shape index (κ1) is 24.9. The fourth-order valence-corrected chi connectivity index (χ4v) is 3.72. The minimum Gasteiger partial charge on any atom is -0.390 e. The molecule has 0 saturated heterocycles. The molecule has 0 spiro atoms. The minimum absolute atomic E-state index is 0.202. The van der Waals surface area contributed by atoms with Crippen LogP contribution in [-0.2, 0) is 14.3 Å². The van der Waals surface area contributed by atoms with Crippen molar-refractivity contribution in [3.63, 3.8) is 0 Å². The molecule has 0 aliphatic carbocycles. The van der Waals surface area contributed by atoms with Crippen LogP contribution in [0.3, 0.4) is 0 Å². The Bertz CT molecular complexity index is 352. The summed E-state index contributed by atoms with van der Waals surface area (Å²) in [5.41, 5.74) is 0. The number of ketones is 2. The van der Waals surface area contributed by atoms with Crippen LogP contribution in [0, 0.1) is 0 Å². The predicted molar refractivity (Wildman–Crippen MR) is 107 cm³/mol. The van der Waals surface area contributed by atoms with Gasteiger partial charge in [-0.1, -0.05) is 6.92 Å². The zero-order valence-corrected chi connectivity index (χ0v) is 17.2. The van der Waals surface area contributed by atoms with Crippen molar-refractivity contribution in [3.8, 4) is 0 Å². The fraction of sp³-hybridized carbons (Fsp3) is 0.889. The van der Waals surface area contributed by atoms with Gasteiger partial charge in [-0.3, -0.25) is 9.59 Å². The average molecular weight is 395 g/mol. The third-order valence-corrected chi connectivity index (χ3v) is 5.36. The van der Waals surface area contributed by atoms with Crippen molar-refractivity contribution in [2.45, 2.75) is 64.1 Å². The second-order valence-electron chi connectivity index (χ2n) is 6.06. The third kappa shape index (κ3) is 15.9. The van der Waals surface area contributed by atoms with Gasteiger partial charge in [0.1, 0.15) is 11.6 Å². The van der Waals surface area contributed by atoms with E-state index in [0.29, 0.717) is 68.4 Å². The topological polar surface area (TPSA) is 83.8 Å². The van der Waals surface area contributed by atoms with Crippen molar-refractivity contribution in [3.05, 3.63) is 0 Å². The lowest BCUT2D eigenvalue weighted by molar-refractivity contribution is -0.119. The summed E-state index contributed by atoms with van der Waals surface area (Å²) in [5, 5.41) is 19.3. The summed E-state index contributed by atoms with van der Waals surface area (Å²) >= 11 is 3.00. The summed E-state index contributed by atoms with van der Waals surface area (Å²) in [5.74, 6) is 2.14. The summed E-state index contributed by atoms with van der Waals surface area (Å²) in [4.78, 5) is 23.1. The first-order valence-corrected chi connectivity index (χ1v) is 11.6. The van der Waals surface area contributed by atoms with Crippen LogP contribution in [0.4, 0.5) is 0 Å². The molecule has 0 fully saturated rings. The van der Waals surface area contributed by atoms with Crippen LogP contribution in [0.5, 0.6) is 0 Å². The molecule has 0 aromatic heterocycles. The van der Waals surface area contributed by atoms with E-state index in [1.165, 1.54) is 23.5 Å². The maximum Gasteiger partial charge on any atom is 0.133 e. The number of carbonyl (C=O) groups is 2. The average Bonchev–Trinajstić information content (AvgIpc) is 2.58. The molecule has 0 bridgehead atoms. The molecular formula is C18H34O5S2. The number of Topliss-reactive ketones (excluding diaryl/α,β-unsaturated/α-hetero) is 2. The lowest BCUT2D eigenvalue weighted by Crippen LogP contribution is -2.30. The highest BCUT2D eigenvalue weighted by molar-refractivity contribution is 7.99. The van der Waals surface area contributed by atoms with Gasteiger partial charge in [-0.05, 0) is 25.5 Å². The molecule has 2 unspecified atom stereocenters. The van der Waals surface area contributed by atoms with Gasteiger partial charge < -0.3 is 14.9 Å². The zero-order chi connectivity index (χ0) is 18.9. The van der Waals surface area contributed by atoms with E-state index in [0.717, 1.165) is 12.8 Å². The largest absolute Gasteiger partial charge is 0.390 e. The summed E-state index contributed by atoms with van der Waals surface area (Å²) < 4.78 is 5.45. The number of aliphatic hydroxyl groups excluding tert-OH is 2. The van der Waals surface area contributed by atoms with Crippen molar-refractivity contribution in [1.82, 2.24) is 0 Å². The van der Waals surface area contributed by atoms with Gasteiger partial charge in [0, 0.05) is 56.2 Å². The monoisotopic (exact) mass is 394 g/mol. The lowest BCUT2D eigenvalue weighted by atomic mass is 10.1. The van der Waals surface area contributed by atoms with Crippen LogP contribution in [0.15, 0.2) is 0 Å². The van der Waals surface area contributed by atoms with Gasteiger partial charge in [0.25, 0.3) is 0 Å². The van der Waals surface area contributed by atoms with E-state index < -0.39 is 12.2 Å². The highest BCUT2D eigenvalue weighted by Crippen LogP contribution is 2.11. The molecule has 5 nitrogen and oxygen atoms in total. The molecular weight excluding hydrogens is 360 g/mol. The number of hydrogen-bond acceptors (Lipinski definition) is 7. The van der Waals surface area contributed by atoms with Crippen molar-refractivity contribution >= 4 is 35.1 Å². The molecule has 0 radical (unpaired) electrons. The molecule has 7 heteroatoms. The molecule has 0 rings (SSSR count). The maximum absolute atomic E-state index is 11.7. The quantitative estimate of drug-likeness (QED) is 0.346. The highest BCUT2D eigenvalue weighted by Gasteiger charge is 2.15. The molecule has 0 aliphatic heterocycles. The van der Waals surface area contributed by atoms with E-state index in [1.807, 2.05) is 13.2 Å². The number of aliphatic hydroxyl groups is 2. The van der Waals surface area contributed by atoms with Crippen LogP contribution in [0.25, 0.3) is 0 Å². The third-order valence-electron chi connectivity index (χ3n) is 3.61. The van der Waals surface area contributed by atoms with E-state index in [-0.39, 0.29) is 5.78 Å². The van der Waals surface area contributed by atoms with Gasteiger partial charge in [0.05, 0.1) is 12.2 Å². The molecule has 0 heterocycles. The highest BCUT2D eigenvalue weighted by atomic mass is 32.2. The number of ether oxygens (including phenoxy) is 1. The van der Waals surface area contributed by atoms with Gasteiger partial charge in [-0.25, -0.2) is 0 Å². The Labute approximate surface area is 160 Å². The normalized spacial score (nSPS) is 13.6. The second-order valence-corrected chi connectivity index (χ2v) is 8.12. The van der Waals surface area contributed by atoms with Crippen LogP contribution in [0.2, 0.25) is 0 Å². The molecule has 2 atom stereocenters. The van der Waals surface area contributed by atoms with Gasteiger partial charge in [-0.15, -0.1) is 0 Å². The fourth-order valence-electron chi connectivity index (χ4n) is 2.16. The van der Waals surface area contributed by atoms with Gasteiger partial charge in [-0.2, -0.15) is 23.5 Å². The van der Waals surface area contributed by atoms with E-state index >= 15 is 0 Å². The van der Waals surface area contributed by atoms with Gasteiger partial charge >= 0.3 is 0 Å². The molecule has 0 amide bonds. The number of rotatable bonds is 18. The summed E-state index contributed by atoms with van der Waals surface area (Å²) in [7, 11) is 0. The molecule has 25 heavy (non-hydrogen) atoms. The first-order valence-electron chi connectivity index (χ1n) is 9.05. The van der Waals surface area contributed by atoms with E-state index in [4.69, 9.17) is 4.74 Å². The molecule has 0 aromatic carbocycles. The summed E-state index contributed by atoms with van der Waals surface area (Å²) in [6, 6.07) is 0. The Morgan fingerprint density at radius 3 is 2.04 bits per heavy atom. The number of thioether (sulfide) groups is 2. The Balaban J connectivity index is 3.43. The van der Waals surface area contributed by atoms with Crippen molar-refractivity contribution < 1.29 is 24.5 Å². The lowest BCUT2D eigenvalue weighted by Gasteiger charge is -2.16. The Morgan fingerprint density at radius 1 is 0.920 bits per heavy atom. The van der Waals surface area contributed by atoms with Crippen molar-refractivity contribution in [2.75, 3.05) is 36.7 Å². The van der Waals surface area contributed by atoms with Crippen LogP contribution in [-0.4, -0.2) is 70.7 Å². The minimum atomic E-state index is -0.731. The molecule has 0 aromatic rings. The zero-order valence-electron chi connectivity index (χ0n) is 15.6. The number of hydrogen-bond donors (Lipinski definition) is 2. The standard InChI is InChI=1S/C18H34O5S2/c1-3-6-15(19)7-4-10-23-11-5-8-16(20)9-12-25-14-18(22)17(21)13-24-2/h17-18,21-22H,3-14H2,1-2H3. The van der Waals surface area contributed by atoms with E-state index in [2.05, 4.69) is 0 Å². The second kappa shape index (κ2) is 17.3. The molecule has 0 saturated carbocycles. The first-order chi connectivity index (χ1) is 12.0. The smallest absolute Gasteiger partial charge is 0.133 e. The van der Waals surface area contributed by atoms with Crippen molar-refractivity contribution in [1.29, 1.82) is 0 Å². The number of carbonyl (C=O) groups excluding carboxylic acids is 2. The van der Waals surface area contributed by atoms with Crippen LogP contribution in [0.1, 0.15) is 51.9 Å². The van der Waals surface area contributed by atoms with E-state index in [1.54, 1.807) is 0 Å². The Morgan fingerprint density at radius 2 is 1.48 bits per heavy atom. The molecule has 148 valence electrons. The van der Waals surface area contributed by atoms with Gasteiger partial charge in [0.15, 0.2) is 0 Å². The van der Waals surface area contributed by atoms with Crippen LogP contribution < -0.4 is 0 Å². The molecule has 2 N–H and O–H groups in total. The maximum atomic E-state index is 11.7. The Kier molecular flexibility index (Phi) is 17.3. The van der Waals surface area contributed by atoms with Crippen molar-refractivity contribution in [2.24, 2.45) is 0 Å². The molecule has 0 aliphatic rings. The SMILES string of the molecule is CCCC(=O)CCCOCCCC(=O)CCSCC(O)C(O)CSC. The predicted octanol–water partition coefficient (Wildman–Crippen LogP) is 2.71.